The molecule has 2 rings (SSSR count). The van der Waals surface area contributed by atoms with Crippen LogP contribution in [0.1, 0.15) is 13.3 Å². The van der Waals surface area contributed by atoms with Gasteiger partial charge in [-0.1, -0.05) is 22.9 Å². The van der Waals surface area contributed by atoms with Gasteiger partial charge in [0.25, 0.3) is 5.88 Å². The summed E-state index contributed by atoms with van der Waals surface area (Å²) in [6.45, 7) is 2.63. The molecule has 0 aliphatic carbocycles. The molecule has 1 N–H and O–H groups in total. The molecule has 1 aromatic carbocycles. The summed E-state index contributed by atoms with van der Waals surface area (Å²) in [5.74, 6) is -1.55. The maximum absolute atomic E-state index is 13.6. The first-order valence-corrected chi connectivity index (χ1v) is 6.78. The smallest absolute Gasteiger partial charge is 0.260 e. The molecule has 0 spiro atoms. The lowest BCUT2D eigenvalue weighted by Gasteiger charge is -2.09. The minimum atomic E-state index is -0.755. The molecular weight excluding hydrogens is 332 g/mol. The third kappa shape index (κ3) is 3.63. The van der Waals surface area contributed by atoms with E-state index in [9.17, 15) is 8.78 Å². The Balaban J connectivity index is 2.23. The topological polar surface area (TPSA) is 47.0 Å². The summed E-state index contributed by atoms with van der Waals surface area (Å²) < 4.78 is 32.9. The van der Waals surface area contributed by atoms with Gasteiger partial charge in [-0.15, -0.1) is 0 Å². The zero-order valence-electron chi connectivity index (χ0n) is 10.7. The van der Waals surface area contributed by atoms with Gasteiger partial charge in [0.1, 0.15) is 0 Å². The molecule has 2 aromatic rings. The number of hydrogen-bond acceptors (Lipinski definition) is 4. The molecule has 0 fully saturated rings. The van der Waals surface area contributed by atoms with Gasteiger partial charge in [0.2, 0.25) is 11.8 Å². The Kier molecular flexibility index (Phi) is 4.84. The van der Waals surface area contributed by atoms with Crippen LogP contribution in [0, 0.1) is 11.6 Å². The van der Waals surface area contributed by atoms with Crippen molar-refractivity contribution in [1.29, 1.82) is 0 Å². The number of aromatic nitrogens is 2. The summed E-state index contributed by atoms with van der Waals surface area (Å²) in [5, 5.41) is 2.90. The van der Waals surface area contributed by atoms with Crippen molar-refractivity contribution >= 4 is 21.9 Å². The van der Waals surface area contributed by atoms with Crippen LogP contribution in [0.15, 0.2) is 28.9 Å². The van der Waals surface area contributed by atoms with E-state index in [2.05, 4.69) is 31.2 Å². The maximum Gasteiger partial charge on any atom is 0.260 e. The molecule has 106 valence electrons. The van der Waals surface area contributed by atoms with Crippen molar-refractivity contribution in [1.82, 2.24) is 9.97 Å². The van der Waals surface area contributed by atoms with E-state index < -0.39 is 11.6 Å². The Morgan fingerprint density at radius 3 is 2.80 bits per heavy atom. The zero-order valence-corrected chi connectivity index (χ0v) is 12.2. The van der Waals surface area contributed by atoms with E-state index in [4.69, 9.17) is 4.74 Å². The number of benzene rings is 1. The van der Waals surface area contributed by atoms with Gasteiger partial charge >= 0.3 is 0 Å². The van der Waals surface area contributed by atoms with Crippen LogP contribution in [-0.4, -0.2) is 16.5 Å². The van der Waals surface area contributed by atoms with Gasteiger partial charge in [-0.2, -0.15) is 9.37 Å². The van der Waals surface area contributed by atoms with E-state index in [0.29, 0.717) is 11.0 Å². The lowest BCUT2D eigenvalue weighted by atomic mass is 10.3. The minimum absolute atomic E-state index is 0.104. The van der Waals surface area contributed by atoms with Crippen LogP contribution in [0.3, 0.4) is 0 Å². The summed E-state index contributed by atoms with van der Waals surface area (Å²) in [6, 6.07) is 4.21. The lowest BCUT2D eigenvalue weighted by molar-refractivity contribution is 0.396. The SMILES string of the molecule is CCCNc1ncc(F)c(Oc2ccc(Br)cc2F)n1. The minimum Gasteiger partial charge on any atom is -0.433 e. The summed E-state index contributed by atoms with van der Waals surface area (Å²) in [5.41, 5.74) is 0. The van der Waals surface area contributed by atoms with Crippen LogP contribution in [0.2, 0.25) is 0 Å². The van der Waals surface area contributed by atoms with Crippen LogP contribution in [-0.2, 0) is 0 Å². The third-order valence-corrected chi connectivity index (χ3v) is 2.84. The Hall–Kier alpha value is -1.76. The molecule has 4 nitrogen and oxygen atoms in total. The van der Waals surface area contributed by atoms with Crippen molar-refractivity contribution < 1.29 is 13.5 Å². The van der Waals surface area contributed by atoms with E-state index in [0.717, 1.165) is 12.6 Å². The average Bonchev–Trinajstić information content (AvgIpc) is 2.42. The molecule has 0 amide bonds. The predicted molar refractivity (Wildman–Crippen MR) is 74.9 cm³/mol. The van der Waals surface area contributed by atoms with Gasteiger partial charge in [0.05, 0.1) is 6.20 Å². The first kappa shape index (κ1) is 14.6. The van der Waals surface area contributed by atoms with Crippen LogP contribution in [0.5, 0.6) is 11.6 Å². The largest absolute Gasteiger partial charge is 0.433 e. The van der Waals surface area contributed by atoms with E-state index >= 15 is 0 Å². The molecule has 0 aliphatic rings. The van der Waals surface area contributed by atoms with Crippen LogP contribution in [0.25, 0.3) is 0 Å². The average molecular weight is 344 g/mol. The fraction of sp³-hybridized carbons (Fsp3) is 0.231. The van der Waals surface area contributed by atoms with Crippen LogP contribution < -0.4 is 10.1 Å². The van der Waals surface area contributed by atoms with E-state index in [1.807, 2.05) is 6.92 Å². The van der Waals surface area contributed by atoms with Crippen molar-refractivity contribution in [3.8, 4) is 11.6 Å². The Morgan fingerprint density at radius 1 is 1.30 bits per heavy atom. The van der Waals surface area contributed by atoms with Crippen molar-refractivity contribution in [3.05, 3.63) is 40.5 Å². The Morgan fingerprint density at radius 2 is 2.10 bits per heavy atom. The molecule has 0 aliphatic heterocycles. The van der Waals surface area contributed by atoms with E-state index in [-0.39, 0.29) is 17.6 Å². The van der Waals surface area contributed by atoms with Crippen molar-refractivity contribution in [2.75, 3.05) is 11.9 Å². The molecule has 20 heavy (non-hydrogen) atoms. The maximum atomic E-state index is 13.6. The Labute approximate surface area is 123 Å². The van der Waals surface area contributed by atoms with E-state index in [1.165, 1.54) is 12.1 Å². The fourth-order valence-corrected chi connectivity index (χ4v) is 1.74. The highest BCUT2D eigenvalue weighted by molar-refractivity contribution is 9.10. The molecular formula is C13H12BrF2N3O. The van der Waals surface area contributed by atoms with E-state index in [1.54, 1.807) is 6.07 Å². The van der Waals surface area contributed by atoms with Crippen LogP contribution in [0.4, 0.5) is 14.7 Å². The first-order valence-electron chi connectivity index (χ1n) is 5.99. The lowest BCUT2D eigenvalue weighted by Crippen LogP contribution is -2.06. The zero-order chi connectivity index (χ0) is 14.5. The molecule has 0 saturated carbocycles. The monoisotopic (exact) mass is 343 g/mol. The number of halogens is 3. The number of ether oxygens (including phenoxy) is 1. The summed E-state index contributed by atoms with van der Waals surface area (Å²) in [7, 11) is 0. The number of anilines is 1. The summed E-state index contributed by atoms with van der Waals surface area (Å²) >= 11 is 3.13. The van der Waals surface area contributed by atoms with Gasteiger partial charge in [-0.3, -0.25) is 0 Å². The fourth-order valence-electron chi connectivity index (χ4n) is 1.41. The van der Waals surface area contributed by atoms with Gasteiger partial charge < -0.3 is 10.1 Å². The predicted octanol–water partition coefficient (Wildman–Crippen LogP) is 4.13. The molecule has 0 radical (unpaired) electrons. The van der Waals surface area contributed by atoms with Gasteiger partial charge in [-0.25, -0.2) is 9.37 Å². The summed E-state index contributed by atoms with van der Waals surface area (Å²) in [4.78, 5) is 7.65. The molecule has 0 unspecified atom stereocenters. The number of hydrogen-bond donors (Lipinski definition) is 1. The van der Waals surface area contributed by atoms with Crippen molar-refractivity contribution in [2.45, 2.75) is 13.3 Å². The second-order valence-electron chi connectivity index (χ2n) is 3.95. The number of nitrogens with one attached hydrogen (secondary N) is 1. The quantitative estimate of drug-likeness (QED) is 0.886. The van der Waals surface area contributed by atoms with Gasteiger partial charge in [0, 0.05) is 11.0 Å². The molecule has 1 aromatic heterocycles. The number of nitrogens with zero attached hydrogens (tertiary/aromatic N) is 2. The van der Waals surface area contributed by atoms with Crippen LogP contribution >= 0.6 is 15.9 Å². The van der Waals surface area contributed by atoms with Crippen molar-refractivity contribution in [2.24, 2.45) is 0 Å². The highest BCUT2D eigenvalue weighted by atomic mass is 79.9. The van der Waals surface area contributed by atoms with Gasteiger partial charge in [-0.05, 0) is 24.6 Å². The van der Waals surface area contributed by atoms with Gasteiger partial charge in [0.15, 0.2) is 11.6 Å². The molecule has 0 bridgehead atoms. The highest BCUT2D eigenvalue weighted by Gasteiger charge is 2.12. The standard InChI is InChI=1S/C13H12BrF2N3O/c1-2-5-17-13-18-7-10(16)12(19-13)20-11-4-3-8(14)6-9(11)15/h3-4,6-7H,2,5H2,1H3,(H,17,18,19). The first-order chi connectivity index (χ1) is 9.60. The Bertz CT molecular complexity index is 610. The molecule has 1 heterocycles. The second-order valence-corrected chi connectivity index (χ2v) is 4.87. The third-order valence-electron chi connectivity index (χ3n) is 2.35. The highest BCUT2D eigenvalue weighted by Crippen LogP contribution is 2.27. The molecule has 0 atom stereocenters. The second kappa shape index (κ2) is 6.60. The molecule has 7 heteroatoms. The molecule has 0 saturated heterocycles. The summed E-state index contributed by atoms with van der Waals surface area (Å²) in [6.07, 6.45) is 1.86. The van der Waals surface area contributed by atoms with Crippen molar-refractivity contribution in [3.63, 3.8) is 0 Å². The normalized spacial score (nSPS) is 10.4. The number of rotatable bonds is 5.